The van der Waals surface area contributed by atoms with Gasteiger partial charge in [-0.05, 0) is 29.7 Å². The third kappa shape index (κ3) is 2.05. The lowest BCUT2D eigenvalue weighted by molar-refractivity contribution is 0.0924. The Hall–Kier alpha value is -2.76. The fourth-order valence-corrected chi connectivity index (χ4v) is 2.29. The van der Waals surface area contributed by atoms with Crippen molar-refractivity contribution in [3.63, 3.8) is 0 Å². The van der Waals surface area contributed by atoms with E-state index in [-0.39, 0.29) is 11.7 Å². The first-order valence-corrected chi connectivity index (χ1v) is 6.57. The van der Waals surface area contributed by atoms with Crippen LogP contribution in [0.5, 0.6) is 0 Å². The van der Waals surface area contributed by atoms with Crippen LogP contribution >= 0.6 is 0 Å². The number of hydrogen-bond donors (Lipinski definition) is 1. The molecule has 2 aromatic rings. The maximum absolute atomic E-state index is 12.4. The fraction of sp³-hybridized carbons (Fsp3) is 0.200. The maximum atomic E-state index is 12.4. The van der Waals surface area contributed by atoms with Gasteiger partial charge in [0, 0.05) is 6.07 Å². The Balaban J connectivity index is 2.08. The molecule has 0 aliphatic carbocycles. The van der Waals surface area contributed by atoms with Gasteiger partial charge in [-0.2, -0.15) is 5.10 Å². The Morgan fingerprint density at radius 2 is 1.71 bits per heavy atom. The quantitative estimate of drug-likeness (QED) is 0.850. The van der Waals surface area contributed by atoms with Crippen molar-refractivity contribution in [1.29, 1.82) is 0 Å². The highest BCUT2D eigenvalue weighted by molar-refractivity contribution is 6.34. The van der Waals surface area contributed by atoms with Gasteiger partial charge in [0.15, 0.2) is 5.82 Å². The first kappa shape index (κ1) is 13.2. The number of carbonyl (C=O) groups is 2. The highest BCUT2D eigenvalue weighted by Crippen LogP contribution is 2.29. The molecule has 0 radical (unpaired) electrons. The van der Waals surface area contributed by atoms with Gasteiger partial charge in [-0.15, -0.1) is 0 Å². The predicted octanol–water partition coefficient (Wildman–Crippen LogP) is 1.69. The number of hydrogen-bond acceptors (Lipinski definition) is 4. The van der Waals surface area contributed by atoms with Crippen LogP contribution in [0.25, 0.3) is 0 Å². The smallest absolute Gasteiger partial charge is 0.267 e. The summed E-state index contributed by atoms with van der Waals surface area (Å²) in [5.41, 5.74) is 1.33. The summed E-state index contributed by atoms with van der Waals surface area (Å²) in [5.74, 6) is -0.466. The average Bonchev–Trinajstić information content (AvgIpc) is 2.72. The molecule has 1 aromatic heterocycles. The molecule has 1 aliphatic rings. The van der Waals surface area contributed by atoms with E-state index in [0.717, 1.165) is 10.5 Å². The lowest BCUT2D eigenvalue weighted by Crippen LogP contribution is -2.31. The van der Waals surface area contributed by atoms with Gasteiger partial charge in [-0.25, -0.2) is 10.00 Å². The van der Waals surface area contributed by atoms with Crippen LogP contribution in [0.2, 0.25) is 0 Å². The molecule has 6 nitrogen and oxygen atoms in total. The standard InChI is InChI=1S/C15H13N3O3/c1-8(2)9-3-4-10-11(7-9)15(21)18(14(10)20)12-5-6-13(19)17-16-12/h3-8H,1-2H3,(H,17,19). The molecule has 1 N–H and O–H groups in total. The summed E-state index contributed by atoms with van der Waals surface area (Å²) < 4.78 is 0. The summed E-state index contributed by atoms with van der Waals surface area (Å²) in [6.07, 6.45) is 0. The molecule has 0 bridgehead atoms. The number of imide groups is 1. The van der Waals surface area contributed by atoms with Crippen molar-refractivity contribution < 1.29 is 9.59 Å². The van der Waals surface area contributed by atoms with Gasteiger partial charge in [0.25, 0.3) is 17.4 Å². The number of aromatic nitrogens is 2. The molecule has 0 saturated heterocycles. The van der Waals surface area contributed by atoms with Crippen LogP contribution in [-0.4, -0.2) is 22.0 Å². The van der Waals surface area contributed by atoms with Crippen molar-refractivity contribution in [3.05, 3.63) is 57.4 Å². The van der Waals surface area contributed by atoms with Crippen LogP contribution in [-0.2, 0) is 0 Å². The molecule has 0 spiro atoms. The van der Waals surface area contributed by atoms with Crippen LogP contribution < -0.4 is 10.5 Å². The van der Waals surface area contributed by atoms with Crippen molar-refractivity contribution >= 4 is 17.6 Å². The minimum Gasteiger partial charge on any atom is -0.268 e. The van der Waals surface area contributed by atoms with Gasteiger partial charge in [-0.1, -0.05) is 19.9 Å². The third-order valence-electron chi connectivity index (χ3n) is 3.47. The zero-order chi connectivity index (χ0) is 15.1. The summed E-state index contributed by atoms with van der Waals surface area (Å²) in [7, 11) is 0. The van der Waals surface area contributed by atoms with E-state index in [0.29, 0.717) is 11.1 Å². The van der Waals surface area contributed by atoms with Gasteiger partial charge in [-0.3, -0.25) is 14.4 Å². The Labute approximate surface area is 120 Å². The Morgan fingerprint density at radius 3 is 2.33 bits per heavy atom. The Bertz CT molecular complexity index is 788. The lowest BCUT2D eigenvalue weighted by Gasteiger charge is -2.11. The van der Waals surface area contributed by atoms with Gasteiger partial charge in [0.2, 0.25) is 0 Å². The van der Waals surface area contributed by atoms with Gasteiger partial charge < -0.3 is 0 Å². The van der Waals surface area contributed by atoms with E-state index >= 15 is 0 Å². The summed E-state index contributed by atoms with van der Waals surface area (Å²) in [6.45, 7) is 4.04. The first-order valence-electron chi connectivity index (χ1n) is 6.57. The number of anilines is 1. The number of aromatic amines is 1. The number of carbonyl (C=O) groups excluding carboxylic acids is 2. The molecule has 21 heavy (non-hydrogen) atoms. The molecule has 1 aliphatic heterocycles. The zero-order valence-corrected chi connectivity index (χ0v) is 11.6. The van der Waals surface area contributed by atoms with Gasteiger partial charge in [0.05, 0.1) is 11.1 Å². The van der Waals surface area contributed by atoms with E-state index in [1.807, 2.05) is 19.9 Å². The number of fused-ring (bicyclic) bond motifs is 1. The molecule has 0 atom stereocenters. The normalized spacial score (nSPS) is 14.0. The molecule has 0 unspecified atom stereocenters. The number of rotatable bonds is 2. The number of nitrogens with zero attached hydrogens (tertiary/aromatic N) is 2. The number of benzene rings is 1. The number of nitrogens with one attached hydrogen (secondary N) is 1. The van der Waals surface area contributed by atoms with E-state index in [9.17, 15) is 14.4 Å². The Kier molecular flexibility index (Phi) is 2.94. The zero-order valence-electron chi connectivity index (χ0n) is 11.6. The third-order valence-corrected chi connectivity index (χ3v) is 3.47. The van der Waals surface area contributed by atoms with E-state index < -0.39 is 17.4 Å². The molecule has 2 amide bonds. The van der Waals surface area contributed by atoms with Crippen LogP contribution in [0.15, 0.2) is 35.1 Å². The molecule has 6 heteroatoms. The molecular formula is C15H13N3O3. The van der Waals surface area contributed by atoms with Crippen molar-refractivity contribution in [1.82, 2.24) is 10.2 Å². The summed E-state index contributed by atoms with van der Waals surface area (Å²) >= 11 is 0. The second-order valence-corrected chi connectivity index (χ2v) is 5.18. The lowest BCUT2D eigenvalue weighted by atomic mass is 9.98. The maximum Gasteiger partial charge on any atom is 0.267 e. The van der Waals surface area contributed by atoms with E-state index in [1.54, 1.807) is 12.1 Å². The van der Waals surface area contributed by atoms with Gasteiger partial charge >= 0.3 is 0 Å². The predicted molar refractivity (Wildman–Crippen MR) is 76.5 cm³/mol. The van der Waals surface area contributed by atoms with Crippen molar-refractivity contribution in [2.45, 2.75) is 19.8 Å². The average molecular weight is 283 g/mol. The molecule has 1 aromatic carbocycles. The Morgan fingerprint density at radius 1 is 1.00 bits per heavy atom. The van der Waals surface area contributed by atoms with Crippen LogP contribution in [0.1, 0.15) is 46.0 Å². The van der Waals surface area contributed by atoms with Crippen LogP contribution in [0, 0.1) is 0 Å². The highest BCUT2D eigenvalue weighted by atomic mass is 16.2. The minimum absolute atomic E-state index is 0.117. The first-order chi connectivity index (χ1) is 9.99. The molecule has 106 valence electrons. The summed E-state index contributed by atoms with van der Waals surface area (Å²) in [4.78, 5) is 36.8. The monoisotopic (exact) mass is 283 g/mol. The van der Waals surface area contributed by atoms with Crippen LogP contribution in [0.4, 0.5) is 5.82 Å². The highest BCUT2D eigenvalue weighted by Gasteiger charge is 2.37. The summed E-state index contributed by atoms with van der Waals surface area (Å²) in [6, 6.07) is 7.83. The molecule has 0 fully saturated rings. The number of H-pyrrole nitrogens is 1. The van der Waals surface area contributed by atoms with Crippen molar-refractivity contribution in [3.8, 4) is 0 Å². The second-order valence-electron chi connectivity index (χ2n) is 5.18. The molecule has 0 saturated carbocycles. The van der Waals surface area contributed by atoms with Crippen molar-refractivity contribution in [2.75, 3.05) is 4.90 Å². The molecular weight excluding hydrogens is 270 g/mol. The topological polar surface area (TPSA) is 83.1 Å². The SMILES string of the molecule is CC(C)c1ccc2c(c1)C(=O)N(c1ccc(=O)[nH]n1)C2=O. The largest absolute Gasteiger partial charge is 0.268 e. The molecule has 2 heterocycles. The fourth-order valence-electron chi connectivity index (χ4n) is 2.29. The van der Waals surface area contributed by atoms with E-state index in [1.165, 1.54) is 12.1 Å². The number of amides is 2. The second kappa shape index (κ2) is 4.66. The van der Waals surface area contributed by atoms with Crippen molar-refractivity contribution in [2.24, 2.45) is 0 Å². The minimum atomic E-state index is -0.426. The van der Waals surface area contributed by atoms with Gasteiger partial charge in [0.1, 0.15) is 0 Å². The van der Waals surface area contributed by atoms with E-state index in [4.69, 9.17) is 0 Å². The van der Waals surface area contributed by atoms with E-state index in [2.05, 4.69) is 10.2 Å². The van der Waals surface area contributed by atoms with Crippen LogP contribution in [0.3, 0.4) is 0 Å². The molecule has 3 rings (SSSR count). The summed E-state index contributed by atoms with van der Waals surface area (Å²) in [5, 5.41) is 5.97.